The summed E-state index contributed by atoms with van der Waals surface area (Å²) in [6.07, 6.45) is 3.78. The third kappa shape index (κ3) is 2.50. The smallest absolute Gasteiger partial charge is 0.137 e. The van der Waals surface area contributed by atoms with E-state index in [0.717, 1.165) is 42.5 Å². The lowest BCUT2D eigenvalue weighted by Gasteiger charge is -2.31. The molecule has 1 aliphatic heterocycles. The van der Waals surface area contributed by atoms with Gasteiger partial charge in [0.05, 0.1) is 5.02 Å². The molecule has 2 N–H and O–H groups in total. The monoisotopic (exact) mass is 295 g/mol. The number of benzene rings is 1. The Kier molecular flexibility index (Phi) is 3.52. The van der Waals surface area contributed by atoms with Crippen LogP contribution < -0.4 is 10.6 Å². The predicted octanol–water partition coefficient (Wildman–Crippen LogP) is 3.47. The van der Waals surface area contributed by atoms with Gasteiger partial charge in [0.15, 0.2) is 0 Å². The molecule has 5 heteroatoms. The zero-order valence-electron chi connectivity index (χ0n) is 10.4. The van der Waals surface area contributed by atoms with E-state index in [9.17, 15) is 0 Å². The topological polar surface area (TPSA) is 42.1 Å². The van der Waals surface area contributed by atoms with Crippen LogP contribution in [0.3, 0.4) is 0 Å². The fourth-order valence-corrected chi connectivity index (χ4v) is 3.16. The number of piperidine rings is 1. The van der Waals surface area contributed by atoms with Crippen LogP contribution in [0.25, 0.3) is 10.8 Å². The van der Waals surface area contributed by atoms with E-state index in [1.165, 1.54) is 0 Å². The standard InChI is InChI=1S/C14H15Cl2N3/c15-10-7-9-1-4-18-14(13(9)12(16)8-10)19-5-2-11(17)3-6-19/h1,4,7-8,11H,2-3,5-6,17H2. The number of hydrogen-bond acceptors (Lipinski definition) is 3. The predicted molar refractivity (Wildman–Crippen MR) is 81.2 cm³/mol. The molecule has 1 aliphatic rings. The minimum Gasteiger partial charge on any atom is -0.356 e. The summed E-state index contributed by atoms with van der Waals surface area (Å²) in [7, 11) is 0. The van der Waals surface area contributed by atoms with Gasteiger partial charge in [0.25, 0.3) is 0 Å². The molecule has 2 aromatic rings. The van der Waals surface area contributed by atoms with E-state index >= 15 is 0 Å². The summed E-state index contributed by atoms with van der Waals surface area (Å²) < 4.78 is 0. The molecule has 0 aliphatic carbocycles. The number of fused-ring (bicyclic) bond motifs is 1. The molecule has 0 unspecified atom stereocenters. The van der Waals surface area contributed by atoms with E-state index < -0.39 is 0 Å². The Morgan fingerprint density at radius 2 is 1.95 bits per heavy atom. The first-order valence-electron chi connectivity index (χ1n) is 6.39. The fraction of sp³-hybridized carbons (Fsp3) is 0.357. The highest BCUT2D eigenvalue weighted by Crippen LogP contribution is 2.34. The van der Waals surface area contributed by atoms with Crippen LogP contribution in [-0.2, 0) is 0 Å². The van der Waals surface area contributed by atoms with E-state index in [1.54, 1.807) is 12.3 Å². The zero-order valence-corrected chi connectivity index (χ0v) is 12.0. The first-order chi connectivity index (χ1) is 9.15. The summed E-state index contributed by atoms with van der Waals surface area (Å²) in [6, 6.07) is 5.93. The number of nitrogens with zero attached hydrogens (tertiary/aromatic N) is 2. The van der Waals surface area contributed by atoms with Crippen molar-refractivity contribution in [1.82, 2.24) is 4.98 Å². The third-order valence-electron chi connectivity index (χ3n) is 3.60. The normalized spacial score (nSPS) is 17.1. The number of rotatable bonds is 1. The van der Waals surface area contributed by atoms with E-state index in [-0.39, 0.29) is 0 Å². The van der Waals surface area contributed by atoms with E-state index in [2.05, 4.69) is 9.88 Å². The average Bonchev–Trinajstić information content (AvgIpc) is 2.38. The molecule has 19 heavy (non-hydrogen) atoms. The molecule has 0 spiro atoms. The van der Waals surface area contributed by atoms with Crippen molar-refractivity contribution in [3.8, 4) is 0 Å². The van der Waals surface area contributed by atoms with Crippen LogP contribution in [-0.4, -0.2) is 24.1 Å². The number of halogens is 2. The van der Waals surface area contributed by atoms with Gasteiger partial charge in [-0.1, -0.05) is 23.2 Å². The molecule has 1 fully saturated rings. The Labute approximate surface area is 122 Å². The van der Waals surface area contributed by atoms with Crippen LogP contribution in [0.2, 0.25) is 10.0 Å². The molecule has 3 rings (SSSR count). The van der Waals surface area contributed by atoms with Gasteiger partial charge < -0.3 is 10.6 Å². The minimum atomic E-state index is 0.302. The fourth-order valence-electron chi connectivity index (χ4n) is 2.56. The molecule has 0 atom stereocenters. The lowest BCUT2D eigenvalue weighted by atomic mass is 10.1. The van der Waals surface area contributed by atoms with Crippen LogP contribution in [0.15, 0.2) is 24.4 Å². The largest absolute Gasteiger partial charge is 0.356 e. The Balaban J connectivity index is 2.08. The molecule has 0 saturated carbocycles. The van der Waals surface area contributed by atoms with Crippen LogP contribution >= 0.6 is 23.2 Å². The molecule has 0 bridgehead atoms. The van der Waals surface area contributed by atoms with E-state index in [1.807, 2.05) is 12.1 Å². The van der Waals surface area contributed by atoms with Crippen molar-refractivity contribution in [2.45, 2.75) is 18.9 Å². The SMILES string of the molecule is NC1CCN(c2nccc3cc(Cl)cc(Cl)c23)CC1. The van der Waals surface area contributed by atoms with Crippen molar-refractivity contribution < 1.29 is 0 Å². The van der Waals surface area contributed by atoms with Crippen LogP contribution in [0.5, 0.6) is 0 Å². The molecule has 0 amide bonds. The zero-order chi connectivity index (χ0) is 13.4. The summed E-state index contributed by atoms with van der Waals surface area (Å²) in [4.78, 5) is 6.76. The molecular formula is C14H15Cl2N3. The lowest BCUT2D eigenvalue weighted by molar-refractivity contribution is 0.499. The number of pyridine rings is 1. The second kappa shape index (κ2) is 5.16. The highest BCUT2D eigenvalue weighted by Gasteiger charge is 2.20. The summed E-state index contributed by atoms with van der Waals surface area (Å²) in [5, 5.41) is 3.30. The maximum absolute atomic E-state index is 6.34. The second-order valence-corrected chi connectivity index (χ2v) is 5.79. The van der Waals surface area contributed by atoms with Gasteiger partial charge in [0, 0.05) is 35.7 Å². The molecule has 1 aromatic carbocycles. The van der Waals surface area contributed by atoms with Crippen molar-refractivity contribution in [2.24, 2.45) is 5.73 Å². The summed E-state index contributed by atoms with van der Waals surface area (Å²) in [5.74, 6) is 0.936. The number of anilines is 1. The Morgan fingerprint density at radius 1 is 1.21 bits per heavy atom. The van der Waals surface area contributed by atoms with Gasteiger partial charge in [-0.2, -0.15) is 0 Å². The molecule has 1 aromatic heterocycles. The van der Waals surface area contributed by atoms with E-state index in [0.29, 0.717) is 16.1 Å². The van der Waals surface area contributed by atoms with Gasteiger partial charge in [-0.15, -0.1) is 0 Å². The van der Waals surface area contributed by atoms with Gasteiger partial charge in [-0.25, -0.2) is 4.98 Å². The number of hydrogen-bond donors (Lipinski definition) is 1. The van der Waals surface area contributed by atoms with Crippen LogP contribution in [0.4, 0.5) is 5.82 Å². The van der Waals surface area contributed by atoms with Gasteiger partial charge >= 0.3 is 0 Å². The Hall–Kier alpha value is -1.03. The van der Waals surface area contributed by atoms with Crippen molar-refractivity contribution in [3.63, 3.8) is 0 Å². The molecular weight excluding hydrogens is 281 g/mol. The molecule has 100 valence electrons. The first-order valence-corrected chi connectivity index (χ1v) is 7.15. The molecule has 3 nitrogen and oxygen atoms in total. The van der Waals surface area contributed by atoms with Crippen molar-refractivity contribution in [3.05, 3.63) is 34.4 Å². The van der Waals surface area contributed by atoms with Crippen LogP contribution in [0, 0.1) is 0 Å². The lowest BCUT2D eigenvalue weighted by Crippen LogP contribution is -2.40. The first kappa shape index (κ1) is 13.0. The highest BCUT2D eigenvalue weighted by molar-refractivity contribution is 6.39. The maximum Gasteiger partial charge on any atom is 0.137 e. The Morgan fingerprint density at radius 3 is 2.68 bits per heavy atom. The van der Waals surface area contributed by atoms with Crippen molar-refractivity contribution >= 4 is 39.8 Å². The Bertz CT molecular complexity index is 607. The van der Waals surface area contributed by atoms with Gasteiger partial charge in [-0.05, 0) is 36.4 Å². The van der Waals surface area contributed by atoms with Gasteiger partial charge in [-0.3, -0.25) is 0 Å². The molecule has 2 heterocycles. The third-order valence-corrected chi connectivity index (χ3v) is 4.12. The summed E-state index contributed by atoms with van der Waals surface area (Å²) >= 11 is 12.4. The summed E-state index contributed by atoms with van der Waals surface area (Å²) in [6.45, 7) is 1.85. The summed E-state index contributed by atoms with van der Waals surface area (Å²) in [5.41, 5.74) is 5.95. The average molecular weight is 296 g/mol. The van der Waals surface area contributed by atoms with Crippen molar-refractivity contribution in [1.29, 1.82) is 0 Å². The van der Waals surface area contributed by atoms with Gasteiger partial charge in [0.1, 0.15) is 5.82 Å². The number of aromatic nitrogens is 1. The highest BCUT2D eigenvalue weighted by atomic mass is 35.5. The second-order valence-electron chi connectivity index (χ2n) is 4.94. The van der Waals surface area contributed by atoms with Crippen molar-refractivity contribution in [2.75, 3.05) is 18.0 Å². The van der Waals surface area contributed by atoms with E-state index in [4.69, 9.17) is 28.9 Å². The quantitative estimate of drug-likeness (QED) is 0.876. The number of nitrogens with two attached hydrogens (primary N) is 1. The van der Waals surface area contributed by atoms with Gasteiger partial charge in [0.2, 0.25) is 0 Å². The minimum absolute atomic E-state index is 0.302. The molecule has 1 saturated heterocycles. The molecule has 0 radical (unpaired) electrons. The van der Waals surface area contributed by atoms with Crippen LogP contribution in [0.1, 0.15) is 12.8 Å². The maximum atomic E-state index is 6.34.